The average molecular weight is 409 g/mol. The van der Waals surface area contributed by atoms with E-state index in [4.69, 9.17) is 27.9 Å². The van der Waals surface area contributed by atoms with Gasteiger partial charge in [-0.1, -0.05) is 41.4 Å². The molecule has 0 aliphatic carbocycles. The molecule has 8 heteroatoms. The van der Waals surface area contributed by atoms with E-state index in [0.717, 1.165) is 5.56 Å². The third-order valence-electron chi connectivity index (χ3n) is 3.45. The summed E-state index contributed by atoms with van der Waals surface area (Å²) in [4.78, 5) is 35.4. The van der Waals surface area contributed by atoms with Crippen LogP contribution < -0.4 is 10.6 Å². The van der Waals surface area contributed by atoms with Gasteiger partial charge in [0.05, 0.1) is 22.2 Å². The normalized spacial score (nSPS) is 10.2. The van der Waals surface area contributed by atoms with Gasteiger partial charge in [0.25, 0.3) is 5.91 Å². The van der Waals surface area contributed by atoms with Crippen molar-refractivity contribution in [1.29, 1.82) is 0 Å². The molecule has 2 amide bonds. The smallest absolute Gasteiger partial charge is 0.306 e. The largest absolute Gasteiger partial charge is 0.456 e. The molecule has 142 valence electrons. The Morgan fingerprint density at radius 2 is 1.70 bits per heavy atom. The van der Waals surface area contributed by atoms with Gasteiger partial charge in [0.15, 0.2) is 6.61 Å². The summed E-state index contributed by atoms with van der Waals surface area (Å²) in [5, 5.41) is 5.69. The maximum atomic E-state index is 11.9. The number of nitrogens with one attached hydrogen (secondary N) is 2. The number of halogens is 2. The number of hydrogen-bond acceptors (Lipinski definition) is 4. The number of hydrogen-bond donors (Lipinski definition) is 2. The summed E-state index contributed by atoms with van der Waals surface area (Å²) in [6.45, 7) is 1.43. The molecule has 0 saturated carbocycles. The average Bonchev–Trinajstić information content (AvgIpc) is 2.62. The molecule has 0 radical (unpaired) electrons. The van der Waals surface area contributed by atoms with Gasteiger partial charge >= 0.3 is 5.97 Å². The monoisotopic (exact) mass is 408 g/mol. The van der Waals surface area contributed by atoms with Crippen molar-refractivity contribution >= 4 is 52.4 Å². The molecule has 0 spiro atoms. The number of aryl methyl sites for hydroxylation is 1. The lowest BCUT2D eigenvalue weighted by Gasteiger charge is -2.09. The zero-order valence-corrected chi connectivity index (χ0v) is 16.1. The van der Waals surface area contributed by atoms with Gasteiger partial charge in [-0.05, 0) is 36.8 Å². The van der Waals surface area contributed by atoms with Crippen molar-refractivity contribution in [3.05, 3.63) is 58.1 Å². The fraction of sp³-hybridized carbons (Fsp3) is 0.211. The molecule has 6 nitrogen and oxygen atoms in total. The third-order valence-corrected chi connectivity index (χ3v) is 4.27. The van der Waals surface area contributed by atoms with Crippen LogP contribution in [0.4, 0.5) is 11.4 Å². The van der Waals surface area contributed by atoms with Crippen molar-refractivity contribution in [2.24, 2.45) is 0 Å². The van der Waals surface area contributed by atoms with Crippen LogP contribution in [0.15, 0.2) is 42.5 Å². The molecule has 27 heavy (non-hydrogen) atoms. The van der Waals surface area contributed by atoms with Crippen LogP contribution in [-0.2, 0) is 19.1 Å². The standard InChI is InChI=1S/C19H18Cl2N2O4/c1-12-4-2-5-13(10-12)22-16(24)8-9-18(26)27-11-17(25)23-15-7-3-6-14(20)19(15)21/h2-7,10H,8-9,11H2,1H3,(H,22,24)(H,23,25). The number of carbonyl (C=O) groups excluding carboxylic acids is 3. The van der Waals surface area contributed by atoms with Crippen molar-refractivity contribution in [3.63, 3.8) is 0 Å². The zero-order valence-electron chi connectivity index (χ0n) is 14.6. The first-order valence-corrected chi connectivity index (χ1v) is 8.87. The summed E-state index contributed by atoms with van der Waals surface area (Å²) in [5.74, 6) is -1.52. The fourth-order valence-corrected chi connectivity index (χ4v) is 2.51. The Morgan fingerprint density at radius 3 is 2.44 bits per heavy atom. The highest BCUT2D eigenvalue weighted by atomic mass is 35.5. The highest BCUT2D eigenvalue weighted by Gasteiger charge is 2.12. The van der Waals surface area contributed by atoms with E-state index in [-0.39, 0.29) is 23.8 Å². The molecule has 2 aromatic carbocycles. The van der Waals surface area contributed by atoms with Crippen LogP contribution in [0.25, 0.3) is 0 Å². The molecule has 0 saturated heterocycles. The number of carbonyl (C=O) groups is 3. The summed E-state index contributed by atoms with van der Waals surface area (Å²) in [5.41, 5.74) is 1.99. The number of benzene rings is 2. The lowest BCUT2D eigenvalue weighted by atomic mass is 10.2. The molecule has 0 aliphatic heterocycles. The number of esters is 1. The second-order valence-corrected chi connectivity index (χ2v) is 6.51. The Hall–Kier alpha value is -2.57. The maximum Gasteiger partial charge on any atom is 0.306 e. The van der Waals surface area contributed by atoms with E-state index < -0.39 is 18.5 Å². The summed E-state index contributed by atoms with van der Waals surface area (Å²) in [6.07, 6.45) is -0.183. The van der Waals surface area contributed by atoms with Gasteiger partial charge < -0.3 is 15.4 Å². The molecule has 0 aromatic heterocycles. The molecule has 2 rings (SSSR count). The van der Waals surface area contributed by atoms with Crippen molar-refractivity contribution < 1.29 is 19.1 Å². The van der Waals surface area contributed by atoms with Crippen molar-refractivity contribution in [2.75, 3.05) is 17.2 Å². The fourth-order valence-electron chi connectivity index (χ4n) is 2.17. The van der Waals surface area contributed by atoms with E-state index in [9.17, 15) is 14.4 Å². The first-order valence-electron chi connectivity index (χ1n) is 8.11. The molecule has 0 bridgehead atoms. The van der Waals surface area contributed by atoms with E-state index in [1.807, 2.05) is 25.1 Å². The van der Waals surface area contributed by atoms with E-state index in [2.05, 4.69) is 10.6 Å². The first kappa shape index (κ1) is 20.7. The minimum absolute atomic E-state index is 0.0471. The van der Waals surface area contributed by atoms with Crippen LogP contribution >= 0.6 is 23.2 Å². The molecule has 0 unspecified atom stereocenters. The number of amides is 2. The van der Waals surface area contributed by atoms with Crippen LogP contribution in [0, 0.1) is 6.92 Å². The summed E-state index contributed by atoms with van der Waals surface area (Å²) in [6, 6.07) is 12.1. The van der Waals surface area contributed by atoms with Crippen molar-refractivity contribution in [1.82, 2.24) is 0 Å². The van der Waals surface area contributed by atoms with Crippen molar-refractivity contribution in [3.8, 4) is 0 Å². The number of anilines is 2. The molecule has 0 aliphatic rings. The highest BCUT2D eigenvalue weighted by Crippen LogP contribution is 2.29. The van der Waals surface area contributed by atoms with Gasteiger partial charge in [-0.2, -0.15) is 0 Å². The highest BCUT2D eigenvalue weighted by molar-refractivity contribution is 6.44. The van der Waals surface area contributed by atoms with Crippen LogP contribution in [-0.4, -0.2) is 24.4 Å². The second-order valence-electron chi connectivity index (χ2n) is 5.73. The molecule has 2 aromatic rings. The van der Waals surface area contributed by atoms with Gasteiger partial charge in [-0.15, -0.1) is 0 Å². The quantitative estimate of drug-likeness (QED) is 0.672. The minimum atomic E-state index is -0.651. The van der Waals surface area contributed by atoms with E-state index in [1.54, 1.807) is 24.3 Å². The Kier molecular flexibility index (Phi) is 7.64. The SMILES string of the molecule is Cc1cccc(NC(=O)CCC(=O)OCC(=O)Nc2cccc(Cl)c2Cl)c1. The van der Waals surface area contributed by atoms with Gasteiger partial charge in [-0.3, -0.25) is 14.4 Å². The van der Waals surface area contributed by atoms with Crippen LogP contribution in [0.3, 0.4) is 0 Å². The Morgan fingerprint density at radius 1 is 0.963 bits per heavy atom. The predicted octanol–water partition coefficient (Wildman–Crippen LogP) is 4.20. The Bertz CT molecular complexity index is 855. The minimum Gasteiger partial charge on any atom is -0.456 e. The van der Waals surface area contributed by atoms with Crippen LogP contribution in [0.1, 0.15) is 18.4 Å². The topological polar surface area (TPSA) is 84.5 Å². The molecular weight excluding hydrogens is 391 g/mol. The zero-order chi connectivity index (χ0) is 19.8. The first-order chi connectivity index (χ1) is 12.8. The third kappa shape index (κ3) is 6.92. The molecule has 0 fully saturated rings. The lowest BCUT2D eigenvalue weighted by Crippen LogP contribution is -2.22. The molecular formula is C19H18Cl2N2O4. The molecule has 0 heterocycles. The summed E-state index contributed by atoms with van der Waals surface area (Å²) >= 11 is 11.8. The number of ether oxygens (including phenoxy) is 1. The molecule has 2 N–H and O–H groups in total. The van der Waals surface area contributed by atoms with E-state index in [1.165, 1.54) is 0 Å². The van der Waals surface area contributed by atoms with Crippen LogP contribution in [0.5, 0.6) is 0 Å². The second kappa shape index (κ2) is 9.94. The maximum absolute atomic E-state index is 11.9. The van der Waals surface area contributed by atoms with E-state index >= 15 is 0 Å². The predicted molar refractivity (Wildman–Crippen MR) is 105 cm³/mol. The lowest BCUT2D eigenvalue weighted by molar-refractivity contribution is -0.147. The van der Waals surface area contributed by atoms with Crippen LogP contribution in [0.2, 0.25) is 10.0 Å². The van der Waals surface area contributed by atoms with Gasteiger partial charge in [0.1, 0.15) is 0 Å². The summed E-state index contributed by atoms with van der Waals surface area (Å²) < 4.78 is 4.86. The van der Waals surface area contributed by atoms with Gasteiger partial charge in [0, 0.05) is 12.1 Å². The number of rotatable bonds is 7. The Balaban J connectivity index is 1.71. The summed E-state index contributed by atoms with van der Waals surface area (Å²) in [7, 11) is 0. The van der Waals surface area contributed by atoms with E-state index in [0.29, 0.717) is 16.4 Å². The van der Waals surface area contributed by atoms with Gasteiger partial charge in [-0.25, -0.2) is 0 Å². The van der Waals surface area contributed by atoms with Gasteiger partial charge in [0.2, 0.25) is 5.91 Å². The van der Waals surface area contributed by atoms with Crippen molar-refractivity contribution in [2.45, 2.75) is 19.8 Å². The molecule has 0 atom stereocenters. The Labute approximate surface area is 166 Å².